The van der Waals surface area contributed by atoms with E-state index in [0.717, 1.165) is 11.3 Å². The van der Waals surface area contributed by atoms with E-state index >= 15 is 0 Å². The summed E-state index contributed by atoms with van der Waals surface area (Å²) in [6.07, 6.45) is 2.76. The molecule has 2 heteroatoms. The predicted molar refractivity (Wildman–Crippen MR) is 31.8 cm³/mol. The van der Waals surface area contributed by atoms with E-state index in [-0.39, 0.29) is 58.2 Å². The van der Waals surface area contributed by atoms with Crippen LogP contribution in [0.2, 0.25) is 0 Å². The van der Waals surface area contributed by atoms with Crippen LogP contribution in [0.3, 0.4) is 0 Å². The second kappa shape index (κ2) is 4.07. The smallest absolute Gasteiger partial charge is 0.595 e. The van der Waals surface area contributed by atoms with Crippen molar-refractivity contribution in [2.45, 2.75) is 20.8 Å². The maximum absolute atomic E-state index is 4.97. The first-order valence-electron chi connectivity index (χ1n) is 2.66. The maximum Gasteiger partial charge on any atom is 1.00 e. The van der Waals surface area contributed by atoms with Gasteiger partial charge in [0, 0.05) is 0 Å². The molecule has 0 aliphatic carbocycles. The monoisotopic (exact) mass is 194 g/mol. The molecule has 0 fully saturated rings. The van der Waals surface area contributed by atoms with Crippen LogP contribution in [0.15, 0.2) is 4.42 Å². The average Bonchev–Trinajstić information content (AvgIpc) is 1.98. The van der Waals surface area contributed by atoms with E-state index in [1.807, 2.05) is 20.8 Å². The standard InChI is InChI=1S/C7H9O.Rb/c1-5-4-8-7(3)6(5)2;/h1-3H3;/q-1;+1. The van der Waals surface area contributed by atoms with Crippen LogP contribution in [-0.4, -0.2) is 0 Å². The van der Waals surface area contributed by atoms with E-state index in [0.29, 0.717) is 0 Å². The van der Waals surface area contributed by atoms with Gasteiger partial charge in [-0.1, -0.05) is 26.5 Å². The molecule has 0 aliphatic rings. The molecule has 0 saturated carbocycles. The van der Waals surface area contributed by atoms with Gasteiger partial charge in [-0.2, -0.15) is 5.56 Å². The average molecular weight is 195 g/mol. The summed E-state index contributed by atoms with van der Waals surface area (Å²) in [5, 5.41) is 0. The van der Waals surface area contributed by atoms with E-state index in [1.165, 1.54) is 5.56 Å². The van der Waals surface area contributed by atoms with E-state index in [1.54, 1.807) is 0 Å². The minimum Gasteiger partial charge on any atom is -0.595 e. The van der Waals surface area contributed by atoms with Crippen molar-refractivity contribution in [1.82, 2.24) is 0 Å². The molecule has 1 aromatic rings. The molecule has 9 heavy (non-hydrogen) atoms. The van der Waals surface area contributed by atoms with E-state index in [9.17, 15) is 0 Å². The SMILES string of the molecule is Cc1[c-]oc(C)c1C.[Rb+]. The summed E-state index contributed by atoms with van der Waals surface area (Å²) in [4.78, 5) is 0. The second-order valence-electron chi connectivity index (χ2n) is 2.01. The van der Waals surface area contributed by atoms with Crippen LogP contribution in [0.1, 0.15) is 16.9 Å². The van der Waals surface area contributed by atoms with Crippen LogP contribution in [-0.2, 0) is 0 Å². The molecule has 0 bridgehead atoms. The van der Waals surface area contributed by atoms with Gasteiger partial charge in [0.15, 0.2) is 0 Å². The van der Waals surface area contributed by atoms with Crippen molar-refractivity contribution in [3.8, 4) is 0 Å². The van der Waals surface area contributed by atoms with Gasteiger partial charge in [-0.3, -0.25) is 0 Å². The van der Waals surface area contributed by atoms with Gasteiger partial charge in [0.25, 0.3) is 0 Å². The molecule has 0 N–H and O–H groups in total. The predicted octanol–water partition coefficient (Wildman–Crippen LogP) is -0.991. The molecule has 1 aromatic heterocycles. The fraction of sp³-hybridized carbons (Fsp3) is 0.429. The summed E-state index contributed by atoms with van der Waals surface area (Å²) < 4.78 is 4.97. The van der Waals surface area contributed by atoms with E-state index in [2.05, 4.69) is 6.26 Å². The fourth-order valence-electron chi connectivity index (χ4n) is 0.570. The van der Waals surface area contributed by atoms with Crippen molar-refractivity contribution < 1.29 is 62.6 Å². The molecule has 44 valence electrons. The molecule has 1 nitrogen and oxygen atoms in total. The van der Waals surface area contributed by atoms with Crippen molar-refractivity contribution in [1.29, 1.82) is 0 Å². The van der Waals surface area contributed by atoms with Gasteiger partial charge in [0.1, 0.15) is 0 Å². The van der Waals surface area contributed by atoms with Crippen LogP contribution < -0.4 is 58.2 Å². The van der Waals surface area contributed by atoms with Crippen molar-refractivity contribution >= 4 is 0 Å². The minimum absolute atomic E-state index is 0. The Hall–Kier alpha value is 1.09. The number of rotatable bonds is 0. The molecule has 1 heterocycles. The summed E-state index contributed by atoms with van der Waals surface area (Å²) in [5.41, 5.74) is 2.33. The molecule has 0 atom stereocenters. The van der Waals surface area contributed by atoms with Crippen LogP contribution in [0, 0.1) is 27.0 Å². The Morgan fingerprint density at radius 3 is 1.89 bits per heavy atom. The normalized spacial score (nSPS) is 8.78. The Morgan fingerprint density at radius 1 is 1.22 bits per heavy atom. The summed E-state index contributed by atoms with van der Waals surface area (Å²) >= 11 is 0. The summed E-state index contributed by atoms with van der Waals surface area (Å²) in [7, 11) is 0. The van der Waals surface area contributed by atoms with Gasteiger partial charge in [0.05, 0.1) is 0 Å². The second-order valence-corrected chi connectivity index (χ2v) is 2.01. The van der Waals surface area contributed by atoms with Gasteiger partial charge >= 0.3 is 58.2 Å². The molecule has 0 aliphatic heterocycles. The Kier molecular flexibility index (Phi) is 4.56. The Balaban J connectivity index is 0.000000640. The van der Waals surface area contributed by atoms with Gasteiger partial charge in [-0.25, -0.2) is 0 Å². The Morgan fingerprint density at radius 2 is 1.78 bits per heavy atom. The first kappa shape index (κ1) is 10.1. The van der Waals surface area contributed by atoms with Crippen LogP contribution in [0.25, 0.3) is 0 Å². The Bertz CT molecular complexity index is 171. The van der Waals surface area contributed by atoms with E-state index < -0.39 is 0 Å². The van der Waals surface area contributed by atoms with Gasteiger partial charge in [0.2, 0.25) is 0 Å². The van der Waals surface area contributed by atoms with Crippen molar-refractivity contribution in [2.75, 3.05) is 0 Å². The topological polar surface area (TPSA) is 13.1 Å². The van der Waals surface area contributed by atoms with Gasteiger partial charge < -0.3 is 4.42 Å². The summed E-state index contributed by atoms with van der Waals surface area (Å²) in [5.74, 6) is 0.975. The molecule has 0 saturated heterocycles. The van der Waals surface area contributed by atoms with Crippen LogP contribution in [0.4, 0.5) is 0 Å². The van der Waals surface area contributed by atoms with Gasteiger partial charge in [-0.05, 0) is 6.26 Å². The van der Waals surface area contributed by atoms with Crippen LogP contribution in [0.5, 0.6) is 0 Å². The summed E-state index contributed by atoms with van der Waals surface area (Å²) in [6, 6.07) is 0. The van der Waals surface area contributed by atoms with Crippen LogP contribution >= 0.6 is 0 Å². The molecule has 0 aromatic carbocycles. The molecule has 0 spiro atoms. The largest absolute Gasteiger partial charge is 1.00 e. The first-order chi connectivity index (χ1) is 3.72. The zero-order chi connectivity index (χ0) is 6.15. The zero-order valence-corrected chi connectivity index (χ0v) is 11.3. The molecule has 0 unspecified atom stereocenters. The zero-order valence-electron chi connectivity index (χ0n) is 6.41. The quantitative estimate of drug-likeness (QED) is 0.484. The van der Waals surface area contributed by atoms with Crippen molar-refractivity contribution in [3.05, 3.63) is 23.2 Å². The third-order valence-corrected chi connectivity index (χ3v) is 1.45. The minimum atomic E-state index is 0. The number of furan rings is 1. The van der Waals surface area contributed by atoms with Crippen molar-refractivity contribution in [3.63, 3.8) is 0 Å². The number of hydrogen-bond acceptors (Lipinski definition) is 1. The first-order valence-corrected chi connectivity index (χ1v) is 2.66. The van der Waals surface area contributed by atoms with Crippen molar-refractivity contribution in [2.24, 2.45) is 0 Å². The third kappa shape index (κ3) is 2.30. The fourth-order valence-corrected chi connectivity index (χ4v) is 0.570. The van der Waals surface area contributed by atoms with Gasteiger partial charge in [-0.15, -0.1) is 5.56 Å². The number of hydrogen-bond donors (Lipinski definition) is 0. The Labute approximate surface area is 105 Å². The molecular weight excluding hydrogens is 186 g/mol. The summed E-state index contributed by atoms with van der Waals surface area (Å²) in [6.45, 7) is 5.97. The van der Waals surface area contributed by atoms with E-state index in [4.69, 9.17) is 4.42 Å². The number of aryl methyl sites for hydroxylation is 2. The molecule has 0 amide bonds. The molecule has 0 radical (unpaired) electrons. The molecular formula is C7H9ORb. The maximum atomic E-state index is 4.97. The third-order valence-electron chi connectivity index (χ3n) is 1.45. The molecule has 1 rings (SSSR count).